The molecule has 2 rings (SSSR count). The highest BCUT2D eigenvalue weighted by Crippen LogP contribution is 2.36. The van der Waals surface area contributed by atoms with Crippen LogP contribution < -0.4 is 5.56 Å². The van der Waals surface area contributed by atoms with E-state index in [1.54, 1.807) is 11.0 Å². The van der Waals surface area contributed by atoms with Crippen molar-refractivity contribution in [2.45, 2.75) is 45.6 Å². The third-order valence-corrected chi connectivity index (χ3v) is 4.20. The van der Waals surface area contributed by atoms with Crippen molar-refractivity contribution in [2.24, 2.45) is 5.41 Å². The van der Waals surface area contributed by atoms with Gasteiger partial charge >= 0.3 is 0 Å². The molecule has 1 N–H and O–H groups in total. The van der Waals surface area contributed by atoms with Crippen molar-refractivity contribution in [3.05, 3.63) is 34.2 Å². The molecule has 0 bridgehead atoms. The van der Waals surface area contributed by atoms with Crippen LogP contribution in [0.5, 0.6) is 0 Å². The lowest BCUT2D eigenvalue weighted by Crippen LogP contribution is -2.41. The van der Waals surface area contributed by atoms with Gasteiger partial charge in [0.25, 0.3) is 5.91 Å². The van der Waals surface area contributed by atoms with Crippen molar-refractivity contribution in [1.82, 2.24) is 9.88 Å². The van der Waals surface area contributed by atoms with Crippen LogP contribution in [0.1, 0.15) is 49.9 Å². The van der Waals surface area contributed by atoms with E-state index in [1.807, 2.05) is 7.05 Å². The van der Waals surface area contributed by atoms with Crippen molar-refractivity contribution in [1.29, 1.82) is 0 Å². The largest absolute Gasteiger partial charge is 0.339 e. The van der Waals surface area contributed by atoms with Gasteiger partial charge in [-0.2, -0.15) is 0 Å². The van der Waals surface area contributed by atoms with Gasteiger partial charge in [0, 0.05) is 30.9 Å². The Balaban J connectivity index is 2.06. The molecular weight excluding hydrogens is 240 g/mol. The Morgan fingerprint density at radius 1 is 1.37 bits per heavy atom. The van der Waals surface area contributed by atoms with Crippen molar-refractivity contribution >= 4 is 5.91 Å². The maximum atomic E-state index is 12.3. The number of H-pyrrole nitrogens is 1. The van der Waals surface area contributed by atoms with Gasteiger partial charge in [0.1, 0.15) is 0 Å². The molecule has 0 aromatic carbocycles. The van der Waals surface area contributed by atoms with Crippen molar-refractivity contribution in [3.63, 3.8) is 0 Å². The summed E-state index contributed by atoms with van der Waals surface area (Å²) in [7, 11) is 1.84. The Kier molecular flexibility index (Phi) is 3.78. The van der Waals surface area contributed by atoms with Gasteiger partial charge in [0.05, 0.1) is 0 Å². The molecule has 1 fully saturated rings. The first kappa shape index (κ1) is 13.8. The van der Waals surface area contributed by atoms with Crippen LogP contribution in [0.15, 0.2) is 23.1 Å². The van der Waals surface area contributed by atoms with Crippen LogP contribution in [0.3, 0.4) is 0 Å². The predicted octanol–water partition coefficient (Wildman–Crippen LogP) is 2.42. The monoisotopic (exact) mass is 262 g/mol. The second-order valence-corrected chi connectivity index (χ2v) is 6.25. The molecule has 0 aliphatic heterocycles. The fraction of sp³-hybridized carbons (Fsp3) is 0.600. The molecule has 1 saturated carbocycles. The highest BCUT2D eigenvalue weighted by atomic mass is 16.2. The molecule has 4 heteroatoms. The summed E-state index contributed by atoms with van der Waals surface area (Å²) in [4.78, 5) is 27.9. The van der Waals surface area contributed by atoms with E-state index in [9.17, 15) is 9.59 Å². The number of carbonyl (C=O) groups excluding carboxylic acids is 1. The van der Waals surface area contributed by atoms with E-state index in [4.69, 9.17) is 0 Å². The zero-order valence-electron chi connectivity index (χ0n) is 11.9. The minimum Gasteiger partial charge on any atom is -0.339 e. The van der Waals surface area contributed by atoms with E-state index in [2.05, 4.69) is 18.8 Å². The standard InChI is InChI=1S/C15H22N2O2/c1-15(2)7-4-12(5-8-15)17(3)14(19)11-6-9-16-13(18)10-11/h6,9-10,12H,4-5,7-8H2,1-3H3,(H,16,18). The molecule has 1 aromatic heterocycles. The summed E-state index contributed by atoms with van der Waals surface area (Å²) in [6.07, 6.45) is 5.89. The number of hydrogen-bond donors (Lipinski definition) is 1. The average molecular weight is 262 g/mol. The van der Waals surface area contributed by atoms with Crippen molar-refractivity contribution < 1.29 is 4.79 Å². The number of amides is 1. The highest BCUT2D eigenvalue weighted by molar-refractivity contribution is 5.94. The molecule has 4 nitrogen and oxygen atoms in total. The fourth-order valence-corrected chi connectivity index (χ4v) is 2.72. The van der Waals surface area contributed by atoms with Crippen LogP contribution in [-0.4, -0.2) is 28.9 Å². The smallest absolute Gasteiger partial charge is 0.254 e. The Bertz CT molecular complexity index is 509. The van der Waals surface area contributed by atoms with Crippen LogP contribution in [0.2, 0.25) is 0 Å². The molecule has 1 aromatic rings. The van der Waals surface area contributed by atoms with Gasteiger partial charge in [-0.15, -0.1) is 0 Å². The molecule has 0 atom stereocenters. The average Bonchev–Trinajstić information content (AvgIpc) is 2.37. The van der Waals surface area contributed by atoms with Crippen LogP contribution in [0, 0.1) is 5.41 Å². The lowest BCUT2D eigenvalue weighted by atomic mass is 9.75. The molecule has 1 heterocycles. The first-order chi connectivity index (χ1) is 8.89. The Morgan fingerprint density at radius 3 is 2.58 bits per heavy atom. The lowest BCUT2D eigenvalue weighted by molar-refractivity contribution is 0.0635. The third-order valence-electron chi connectivity index (χ3n) is 4.20. The predicted molar refractivity (Wildman–Crippen MR) is 75.2 cm³/mol. The topological polar surface area (TPSA) is 53.2 Å². The third kappa shape index (κ3) is 3.25. The Morgan fingerprint density at radius 2 is 2.00 bits per heavy atom. The van der Waals surface area contributed by atoms with E-state index in [-0.39, 0.29) is 11.5 Å². The van der Waals surface area contributed by atoms with Crippen molar-refractivity contribution in [2.75, 3.05) is 7.05 Å². The number of hydrogen-bond acceptors (Lipinski definition) is 2. The quantitative estimate of drug-likeness (QED) is 0.890. The minimum absolute atomic E-state index is 0.0594. The molecule has 104 valence electrons. The highest BCUT2D eigenvalue weighted by Gasteiger charge is 2.30. The maximum Gasteiger partial charge on any atom is 0.254 e. The van der Waals surface area contributed by atoms with Gasteiger partial charge in [-0.25, -0.2) is 0 Å². The number of carbonyl (C=O) groups is 1. The first-order valence-corrected chi connectivity index (χ1v) is 6.85. The minimum atomic E-state index is -0.232. The van der Waals surface area contributed by atoms with E-state index < -0.39 is 0 Å². The van der Waals surface area contributed by atoms with Crippen LogP contribution in [0.4, 0.5) is 0 Å². The Hall–Kier alpha value is -1.58. The summed E-state index contributed by atoms with van der Waals surface area (Å²) >= 11 is 0. The molecule has 0 spiro atoms. The molecule has 1 amide bonds. The van der Waals surface area contributed by atoms with E-state index in [0.717, 1.165) is 25.7 Å². The summed E-state index contributed by atoms with van der Waals surface area (Å²) < 4.78 is 0. The van der Waals surface area contributed by atoms with Crippen LogP contribution in [0.25, 0.3) is 0 Å². The van der Waals surface area contributed by atoms with Gasteiger partial charge in [0.15, 0.2) is 0 Å². The molecule has 1 aliphatic rings. The summed E-state index contributed by atoms with van der Waals surface area (Å²) in [5, 5.41) is 0. The summed E-state index contributed by atoms with van der Waals surface area (Å²) in [6.45, 7) is 4.56. The molecule has 1 aliphatic carbocycles. The molecule has 0 unspecified atom stereocenters. The normalized spacial score (nSPS) is 19.1. The van der Waals surface area contributed by atoms with E-state index >= 15 is 0 Å². The summed E-state index contributed by atoms with van der Waals surface area (Å²) in [5.74, 6) is -0.0594. The summed E-state index contributed by atoms with van der Waals surface area (Å²) in [5.41, 5.74) is 0.629. The Labute approximate surface area is 113 Å². The first-order valence-electron chi connectivity index (χ1n) is 6.85. The molecule has 0 radical (unpaired) electrons. The van der Waals surface area contributed by atoms with Crippen LogP contribution in [-0.2, 0) is 0 Å². The van der Waals surface area contributed by atoms with Gasteiger partial charge in [0.2, 0.25) is 5.56 Å². The fourth-order valence-electron chi connectivity index (χ4n) is 2.72. The number of aromatic amines is 1. The molecule has 19 heavy (non-hydrogen) atoms. The lowest BCUT2D eigenvalue weighted by Gasteiger charge is -2.38. The van der Waals surface area contributed by atoms with Crippen LogP contribution >= 0.6 is 0 Å². The molecular formula is C15H22N2O2. The number of pyridine rings is 1. The maximum absolute atomic E-state index is 12.3. The second-order valence-electron chi connectivity index (χ2n) is 6.25. The second kappa shape index (κ2) is 5.19. The summed E-state index contributed by atoms with van der Waals surface area (Å²) in [6, 6.07) is 3.32. The van der Waals surface area contributed by atoms with Gasteiger partial charge in [-0.3, -0.25) is 9.59 Å². The number of nitrogens with one attached hydrogen (secondary N) is 1. The zero-order chi connectivity index (χ0) is 14.0. The zero-order valence-corrected chi connectivity index (χ0v) is 11.9. The van der Waals surface area contributed by atoms with Gasteiger partial charge in [-0.05, 0) is 37.2 Å². The number of rotatable bonds is 2. The number of aromatic nitrogens is 1. The number of nitrogens with zero attached hydrogens (tertiary/aromatic N) is 1. The van der Waals surface area contributed by atoms with Crippen molar-refractivity contribution in [3.8, 4) is 0 Å². The van der Waals surface area contributed by atoms with E-state index in [0.29, 0.717) is 17.0 Å². The van der Waals surface area contributed by atoms with Gasteiger partial charge in [-0.1, -0.05) is 13.8 Å². The molecule has 0 saturated heterocycles. The SMILES string of the molecule is CN(C(=O)c1cc[nH]c(=O)c1)C1CCC(C)(C)CC1. The van der Waals surface area contributed by atoms with E-state index in [1.165, 1.54) is 12.3 Å². The van der Waals surface area contributed by atoms with Gasteiger partial charge < -0.3 is 9.88 Å².